The van der Waals surface area contributed by atoms with Crippen molar-refractivity contribution in [3.63, 3.8) is 0 Å². The van der Waals surface area contributed by atoms with Crippen molar-refractivity contribution in [1.82, 2.24) is 9.88 Å². The van der Waals surface area contributed by atoms with Gasteiger partial charge in [-0.15, -0.1) is 0 Å². The molecule has 0 radical (unpaired) electrons. The van der Waals surface area contributed by atoms with E-state index in [0.29, 0.717) is 17.9 Å². The molecule has 1 N–H and O–H groups in total. The summed E-state index contributed by atoms with van der Waals surface area (Å²) >= 11 is 0. The smallest absolute Gasteiger partial charge is 0.262 e. The van der Waals surface area contributed by atoms with E-state index in [1.54, 1.807) is 6.92 Å². The molecule has 0 atom stereocenters. The molecule has 3 aromatic rings. The molecule has 32 heavy (non-hydrogen) atoms. The number of ether oxygens (including phenoxy) is 1. The standard InChI is InChI=1S/C22H21F2N3O4S/c1-3-31-20-10-11-25-13-19(20)26-32(29,30)21-7-5-4-6-16(21)22(28)27(2)14-15-8-9-17(23)18(24)12-15/h4-13,26H,3,14H2,1-2H3. The maximum Gasteiger partial charge on any atom is 0.262 e. The highest BCUT2D eigenvalue weighted by molar-refractivity contribution is 7.92. The summed E-state index contributed by atoms with van der Waals surface area (Å²) < 4.78 is 60.7. The van der Waals surface area contributed by atoms with E-state index < -0.39 is 27.6 Å². The Hall–Kier alpha value is -3.53. The summed E-state index contributed by atoms with van der Waals surface area (Å²) in [5.41, 5.74) is 0.411. The van der Waals surface area contributed by atoms with Crippen LogP contribution in [0.3, 0.4) is 0 Å². The van der Waals surface area contributed by atoms with Crippen molar-refractivity contribution in [2.45, 2.75) is 18.4 Å². The number of nitrogens with one attached hydrogen (secondary N) is 1. The average molecular weight is 461 g/mol. The van der Waals surface area contributed by atoms with Crippen molar-refractivity contribution >= 4 is 21.6 Å². The van der Waals surface area contributed by atoms with Crippen molar-refractivity contribution in [2.75, 3.05) is 18.4 Å². The van der Waals surface area contributed by atoms with Crippen LogP contribution in [0.25, 0.3) is 0 Å². The summed E-state index contributed by atoms with van der Waals surface area (Å²) in [6.45, 7) is 2.03. The predicted molar refractivity (Wildman–Crippen MR) is 115 cm³/mol. The Balaban J connectivity index is 1.89. The topological polar surface area (TPSA) is 88.6 Å². The Bertz CT molecular complexity index is 1240. The van der Waals surface area contributed by atoms with Gasteiger partial charge in [0.1, 0.15) is 16.3 Å². The van der Waals surface area contributed by atoms with Crippen molar-refractivity contribution in [1.29, 1.82) is 0 Å². The van der Waals surface area contributed by atoms with Gasteiger partial charge < -0.3 is 9.64 Å². The van der Waals surface area contributed by atoms with E-state index in [1.807, 2.05) is 0 Å². The first-order valence-electron chi connectivity index (χ1n) is 9.61. The highest BCUT2D eigenvalue weighted by atomic mass is 32.2. The van der Waals surface area contributed by atoms with Gasteiger partial charge >= 0.3 is 0 Å². The largest absolute Gasteiger partial charge is 0.492 e. The molecule has 0 spiro atoms. The highest BCUT2D eigenvalue weighted by Gasteiger charge is 2.25. The SMILES string of the molecule is CCOc1ccncc1NS(=O)(=O)c1ccccc1C(=O)N(C)Cc1ccc(F)c(F)c1. The van der Waals surface area contributed by atoms with Gasteiger partial charge in [0.2, 0.25) is 0 Å². The van der Waals surface area contributed by atoms with Gasteiger partial charge in [0, 0.05) is 25.9 Å². The summed E-state index contributed by atoms with van der Waals surface area (Å²) in [5.74, 6) is -2.33. The molecule has 0 fully saturated rings. The highest BCUT2D eigenvalue weighted by Crippen LogP contribution is 2.27. The molecule has 2 aromatic carbocycles. The van der Waals surface area contributed by atoms with E-state index in [0.717, 1.165) is 12.1 Å². The number of rotatable bonds is 8. The molecule has 0 unspecified atom stereocenters. The van der Waals surface area contributed by atoms with Gasteiger partial charge in [-0.3, -0.25) is 14.5 Å². The molecule has 0 saturated heterocycles. The van der Waals surface area contributed by atoms with Gasteiger partial charge in [0.25, 0.3) is 15.9 Å². The van der Waals surface area contributed by atoms with Crippen molar-refractivity contribution in [2.24, 2.45) is 0 Å². The number of carbonyl (C=O) groups is 1. The fourth-order valence-corrected chi connectivity index (χ4v) is 4.26. The number of amides is 1. The molecule has 0 aliphatic carbocycles. The number of hydrogen-bond donors (Lipinski definition) is 1. The fraction of sp³-hybridized carbons (Fsp3) is 0.182. The number of halogens is 2. The second-order valence-corrected chi connectivity index (χ2v) is 8.47. The number of sulfonamides is 1. The normalized spacial score (nSPS) is 11.1. The van der Waals surface area contributed by atoms with Crippen LogP contribution in [0.2, 0.25) is 0 Å². The molecule has 7 nitrogen and oxygen atoms in total. The summed E-state index contributed by atoms with van der Waals surface area (Å²) in [4.78, 5) is 17.9. The van der Waals surface area contributed by atoms with Crippen LogP contribution < -0.4 is 9.46 Å². The van der Waals surface area contributed by atoms with E-state index >= 15 is 0 Å². The fourth-order valence-electron chi connectivity index (χ4n) is 3.01. The molecule has 0 saturated carbocycles. The van der Waals surface area contributed by atoms with Crippen LogP contribution in [0.1, 0.15) is 22.8 Å². The van der Waals surface area contributed by atoms with Crippen molar-refractivity contribution in [3.05, 3.63) is 83.7 Å². The van der Waals surface area contributed by atoms with Crippen LogP contribution in [0.15, 0.2) is 65.8 Å². The van der Waals surface area contributed by atoms with Crippen LogP contribution in [0.4, 0.5) is 14.5 Å². The zero-order valence-corrected chi connectivity index (χ0v) is 18.2. The molecule has 1 amide bonds. The Morgan fingerprint density at radius 2 is 1.88 bits per heavy atom. The predicted octanol–water partition coefficient (Wildman–Crippen LogP) is 3.83. The minimum absolute atomic E-state index is 0.0467. The lowest BCUT2D eigenvalue weighted by atomic mass is 10.1. The van der Waals surface area contributed by atoms with E-state index in [2.05, 4.69) is 9.71 Å². The van der Waals surface area contributed by atoms with Crippen LogP contribution in [-0.2, 0) is 16.6 Å². The maximum atomic E-state index is 13.5. The summed E-state index contributed by atoms with van der Waals surface area (Å²) in [6, 6.07) is 10.5. The summed E-state index contributed by atoms with van der Waals surface area (Å²) in [5, 5.41) is 0. The average Bonchev–Trinajstić information content (AvgIpc) is 2.77. The lowest BCUT2D eigenvalue weighted by Crippen LogP contribution is -2.28. The number of benzene rings is 2. The van der Waals surface area contributed by atoms with E-state index in [1.165, 1.54) is 60.7 Å². The minimum Gasteiger partial charge on any atom is -0.492 e. The molecular weight excluding hydrogens is 440 g/mol. The molecule has 10 heteroatoms. The van der Waals surface area contributed by atoms with E-state index in [4.69, 9.17) is 4.74 Å². The third-order valence-corrected chi connectivity index (χ3v) is 5.91. The molecule has 0 aliphatic rings. The van der Waals surface area contributed by atoms with E-state index in [-0.39, 0.29) is 22.7 Å². The summed E-state index contributed by atoms with van der Waals surface area (Å²) in [6.07, 6.45) is 2.77. The van der Waals surface area contributed by atoms with E-state index in [9.17, 15) is 22.0 Å². The van der Waals surface area contributed by atoms with Crippen LogP contribution in [-0.4, -0.2) is 37.9 Å². The first-order valence-corrected chi connectivity index (χ1v) is 11.1. The Labute approximate surface area is 184 Å². The quantitative estimate of drug-likeness (QED) is 0.551. The second-order valence-electron chi connectivity index (χ2n) is 6.82. The second kappa shape index (κ2) is 9.73. The zero-order valence-electron chi connectivity index (χ0n) is 17.4. The number of aromatic nitrogens is 1. The number of hydrogen-bond acceptors (Lipinski definition) is 5. The monoisotopic (exact) mass is 461 g/mol. The number of nitrogens with zero attached hydrogens (tertiary/aromatic N) is 2. The van der Waals surface area contributed by atoms with Crippen LogP contribution >= 0.6 is 0 Å². The molecule has 0 aliphatic heterocycles. The molecule has 1 heterocycles. The first kappa shape index (κ1) is 23.1. The molecular formula is C22H21F2N3O4S. The van der Waals surface area contributed by atoms with Gasteiger partial charge in [-0.05, 0) is 36.8 Å². The molecule has 168 valence electrons. The molecule has 3 rings (SSSR count). The first-order chi connectivity index (χ1) is 15.2. The zero-order chi connectivity index (χ0) is 23.3. The van der Waals surface area contributed by atoms with Crippen molar-refractivity contribution < 1.29 is 26.7 Å². The number of anilines is 1. The minimum atomic E-state index is -4.18. The van der Waals surface area contributed by atoms with Gasteiger partial charge in [-0.25, -0.2) is 17.2 Å². The third-order valence-electron chi connectivity index (χ3n) is 4.48. The van der Waals surface area contributed by atoms with Gasteiger partial charge in [0.05, 0.1) is 18.4 Å². The van der Waals surface area contributed by atoms with Crippen LogP contribution in [0, 0.1) is 11.6 Å². The van der Waals surface area contributed by atoms with Gasteiger partial charge in [0.15, 0.2) is 11.6 Å². The maximum absolute atomic E-state index is 13.5. The Kier molecular flexibility index (Phi) is 7.04. The Morgan fingerprint density at radius 3 is 2.59 bits per heavy atom. The lowest BCUT2D eigenvalue weighted by molar-refractivity contribution is 0.0781. The number of pyridine rings is 1. The third kappa shape index (κ3) is 5.20. The lowest BCUT2D eigenvalue weighted by Gasteiger charge is -2.20. The van der Waals surface area contributed by atoms with Gasteiger partial charge in [-0.2, -0.15) is 0 Å². The Morgan fingerprint density at radius 1 is 1.12 bits per heavy atom. The molecule has 0 bridgehead atoms. The molecule has 1 aromatic heterocycles. The summed E-state index contributed by atoms with van der Waals surface area (Å²) in [7, 11) is -2.74. The van der Waals surface area contributed by atoms with Crippen molar-refractivity contribution in [3.8, 4) is 5.75 Å². The van der Waals surface area contributed by atoms with Gasteiger partial charge in [-0.1, -0.05) is 18.2 Å². The van der Waals surface area contributed by atoms with Crippen LogP contribution in [0.5, 0.6) is 5.75 Å². The number of carbonyl (C=O) groups excluding carboxylic acids is 1.